The molecular weight excluding hydrogens is 395 g/mol. The van der Waals surface area contributed by atoms with Gasteiger partial charge in [0.05, 0.1) is 23.2 Å². The van der Waals surface area contributed by atoms with Crippen LogP contribution in [0, 0.1) is 0 Å². The molecular formula is C18H19Cl3N4O. The Kier molecular flexibility index (Phi) is 7.57. The molecule has 0 radical (unpaired) electrons. The molecule has 4 N–H and O–H groups in total. The largest absolute Gasteiger partial charge is 0.370 e. The van der Waals surface area contributed by atoms with E-state index < -0.39 is 0 Å². The molecule has 0 spiro atoms. The zero-order chi connectivity index (χ0) is 19.1. The van der Waals surface area contributed by atoms with Gasteiger partial charge in [0.2, 0.25) is 0 Å². The molecule has 1 atom stereocenters. The standard InChI is InChI=1S/C18H19Cl3N4O/c1-11(13-7-6-12(19)10-16(13)21)25-18(22)24-9-8-23-17(26)14-4-2-3-5-15(14)20/h2-7,10-11H,8-9H2,1H3,(H,23,26)(H3,22,24,25). The number of aliphatic imine (C=N–C) groups is 1. The highest BCUT2D eigenvalue weighted by Gasteiger charge is 2.11. The van der Waals surface area contributed by atoms with Crippen molar-refractivity contribution in [1.82, 2.24) is 10.6 Å². The molecule has 2 aromatic rings. The number of benzene rings is 2. The maximum atomic E-state index is 12.0. The van der Waals surface area contributed by atoms with Gasteiger partial charge in [-0.05, 0) is 36.8 Å². The van der Waals surface area contributed by atoms with E-state index in [-0.39, 0.29) is 17.9 Å². The lowest BCUT2D eigenvalue weighted by atomic mass is 10.1. The van der Waals surface area contributed by atoms with E-state index in [1.165, 1.54) is 0 Å². The van der Waals surface area contributed by atoms with Gasteiger partial charge in [-0.3, -0.25) is 9.79 Å². The van der Waals surface area contributed by atoms with Crippen molar-refractivity contribution in [3.63, 3.8) is 0 Å². The third-order valence-electron chi connectivity index (χ3n) is 3.59. The molecule has 1 unspecified atom stereocenters. The number of nitrogens with zero attached hydrogens (tertiary/aromatic N) is 1. The van der Waals surface area contributed by atoms with Crippen molar-refractivity contribution in [3.05, 3.63) is 68.7 Å². The molecule has 0 saturated carbocycles. The molecule has 1 amide bonds. The monoisotopic (exact) mass is 412 g/mol. The predicted octanol–water partition coefficient (Wildman–Crippen LogP) is 4.04. The number of rotatable bonds is 6. The van der Waals surface area contributed by atoms with Gasteiger partial charge in [0.15, 0.2) is 5.96 Å². The molecule has 0 saturated heterocycles. The Labute approximate surface area is 167 Å². The molecule has 2 aromatic carbocycles. The summed E-state index contributed by atoms with van der Waals surface area (Å²) < 4.78 is 0. The van der Waals surface area contributed by atoms with Crippen LogP contribution in [0.1, 0.15) is 28.9 Å². The number of hydrogen-bond donors (Lipinski definition) is 3. The Morgan fingerprint density at radius 3 is 2.58 bits per heavy atom. The van der Waals surface area contributed by atoms with Crippen LogP contribution in [0.25, 0.3) is 0 Å². The molecule has 0 aromatic heterocycles. The minimum absolute atomic E-state index is 0.138. The van der Waals surface area contributed by atoms with Crippen LogP contribution < -0.4 is 16.4 Å². The van der Waals surface area contributed by atoms with E-state index in [1.54, 1.807) is 36.4 Å². The van der Waals surface area contributed by atoms with Crippen molar-refractivity contribution in [3.8, 4) is 0 Å². The summed E-state index contributed by atoms with van der Waals surface area (Å²) in [5.41, 5.74) is 7.17. The maximum absolute atomic E-state index is 12.0. The van der Waals surface area contributed by atoms with E-state index in [1.807, 2.05) is 13.0 Å². The number of carbonyl (C=O) groups excluding carboxylic acids is 1. The molecule has 0 aliphatic carbocycles. The van der Waals surface area contributed by atoms with Gasteiger partial charge in [0.1, 0.15) is 0 Å². The van der Waals surface area contributed by atoms with Crippen LogP contribution in [0.4, 0.5) is 0 Å². The second-order valence-corrected chi connectivity index (χ2v) is 6.79. The normalized spacial score (nSPS) is 12.5. The van der Waals surface area contributed by atoms with Gasteiger partial charge in [-0.25, -0.2) is 0 Å². The third-order valence-corrected chi connectivity index (χ3v) is 4.48. The third kappa shape index (κ3) is 5.80. The second kappa shape index (κ2) is 9.67. The number of halogens is 3. The SMILES string of the molecule is CC(NC(N)=NCCNC(=O)c1ccccc1Cl)c1ccc(Cl)cc1Cl. The first-order valence-corrected chi connectivity index (χ1v) is 9.06. The number of guanidine groups is 1. The van der Waals surface area contributed by atoms with Crippen LogP contribution in [0.15, 0.2) is 47.5 Å². The summed E-state index contributed by atoms with van der Waals surface area (Å²) in [5.74, 6) is 0.00848. The molecule has 0 bridgehead atoms. The molecule has 138 valence electrons. The number of hydrogen-bond acceptors (Lipinski definition) is 2. The van der Waals surface area contributed by atoms with Gasteiger partial charge in [0, 0.05) is 16.6 Å². The van der Waals surface area contributed by atoms with E-state index in [0.717, 1.165) is 5.56 Å². The van der Waals surface area contributed by atoms with Crippen molar-refractivity contribution in [1.29, 1.82) is 0 Å². The number of nitrogens with one attached hydrogen (secondary N) is 2. The number of nitrogens with two attached hydrogens (primary N) is 1. The molecule has 0 heterocycles. The Bertz CT molecular complexity index is 811. The lowest BCUT2D eigenvalue weighted by Crippen LogP contribution is -2.35. The summed E-state index contributed by atoms with van der Waals surface area (Å²) in [6, 6.07) is 12.0. The molecule has 0 aliphatic heterocycles. The van der Waals surface area contributed by atoms with Crippen molar-refractivity contribution in [2.24, 2.45) is 10.7 Å². The molecule has 8 heteroatoms. The Hall–Kier alpha value is -1.95. The maximum Gasteiger partial charge on any atom is 0.252 e. The number of carbonyl (C=O) groups is 1. The highest BCUT2D eigenvalue weighted by Crippen LogP contribution is 2.25. The molecule has 2 rings (SSSR count). The van der Waals surface area contributed by atoms with Crippen LogP contribution in [0.5, 0.6) is 0 Å². The first-order chi connectivity index (χ1) is 12.4. The van der Waals surface area contributed by atoms with Crippen molar-refractivity contribution in [2.45, 2.75) is 13.0 Å². The first-order valence-electron chi connectivity index (χ1n) is 7.92. The van der Waals surface area contributed by atoms with Crippen molar-refractivity contribution in [2.75, 3.05) is 13.1 Å². The average molecular weight is 414 g/mol. The highest BCUT2D eigenvalue weighted by molar-refractivity contribution is 6.35. The molecule has 0 aliphatic rings. The summed E-state index contributed by atoms with van der Waals surface area (Å²) in [6.07, 6.45) is 0. The minimum Gasteiger partial charge on any atom is -0.370 e. The van der Waals surface area contributed by atoms with Gasteiger partial charge >= 0.3 is 0 Å². The molecule has 0 fully saturated rings. The van der Waals surface area contributed by atoms with Gasteiger partial charge in [-0.1, -0.05) is 53.0 Å². The lowest BCUT2D eigenvalue weighted by Gasteiger charge is -2.16. The quantitative estimate of drug-likeness (QED) is 0.380. The van der Waals surface area contributed by atoms with E-state index in [4.69, 9.17) is 40.5 Å². The van der Waals surface area contributed by atoms with E-state index in [2.05, 4.69) is 15.6 Å². The van der Waals surface area contributed by atoms with Crippen LogP contribution in [0.2, 0.25) is 15.1 Å². The smallest absolute Gasteiger partial charge is 0.252 e. The predicted molar refractivity (Wildman–Crippen MR) is 108 cm³/mol. The average Bonchev–Trinajstić information content (AvgIpc) is 2.58. The topological polar surface area (TPSA) is 79.5 Å². The van der Waals surface area contributed by atoms with Gasteiger partial charge in [-0.2, -0.15) is 0 Å². The van der Waals surface area contributed by atoms with Crippen LogP contribution in [-0.4, -0.2) is 25.0 Å². The molecule has 26 heavy (non-hydrogen) atoms. The second-order valence-electron chi connectivity index (χ2n) is 5.53. The zero-order valence-electron chi connectivity index (χ0n) is 14.1. The lowest BCUT2D eigenvalue weighted by molar-refractivity contribution is 0.0955. The summed E-state index contributed by atoms with van der Waals surface area (Å²) in [4.78, 5) is 16.2. The summed E-state index contributed by atoms with van der Waals surface area (Å²) in [6.45, 7) is 2.58. The van der Waals surface area contributed by atoms with Crippen molar-refractivity contribution >= 4 is 46.7 Å². The Morgan fingerprint density at radius 2 is 1.88 bits per heavy atom. The Morgan fingerprint density at radius 1 is 1.15 bits per heavy atom. The van der Waals surface area contributed by atoms with Crippen molar-refractivity contribution < 1.29 is 4.79 Å². The summed E-state index contributed by atoms with van der Waals surface area (Å²) in [5, 5.41) is 7.33. The highest BCUT2D eigenvalue weighted by atomic mass is 35.5. The zero-order valence-corrected chi connectivity index (χ0v) is 16.4. The fourth-order valence-corrected chi connectivity index (χ4v) is 3.08. The van der Waals surface area contributed by atoms with Crippen LogP contribution in [0.3, 0.4) is 0 Å². The van der Waals surface area contributed by atoms with Crippen LogP contribution in [-0.2, 0) is 0 Å². The summed E-state index contributed by atoms with van der Waals surface area (Å²) in [7, 11) is 0. The fourth-order valence-electron chi connectivity index (χ4n) is 2.28. The summed E-state index contributed by atoms with van der Waals surface area (Å²) >= 11 is 18.1. The fraction of sp³-hybridized carbons (Fsp3) is 0.222. The van der Waals surface area contributed by atoms with E-state index in [9.17, 15) is 4.79 Å². The van der Waals surface area contributed by atoms with Gasteiger partial charge in [0.25, 0.3) is 5.91 Å². The molecule has 5 nitrogen and oxygen atoms in total. The van der Waals surface area contributed by atoms with E-state index >= 15 is 0 Å². The Balaban J connectivity index is 1.83. The minimum atomic E-state index is -0.251. The number of amides is 1. The van der Waals surface area contributed by atoms with Gasteiger partial charge < -0.3 is 16.4 Å². The first kappa shape index (κ1) is 20.4. The van der Waals surface area contributed by atoms with Gasteiger partial charge in [-0.15, -0.1) is 0 Å². The van der Waals surface area contributed by atoms with E-state index in [0.29, 0.717) is 33.7 Å². The van der Waals surface area contributed by atoms with Crippen LogP contribution >= 0.6 is 34.8 Å².